The first-order valence-corrected chi connectivity index (χ1v) is 13.7. The van der Waals surface area contributed by atoms with Gasteiger partial charge in [0.1, 0.15) is 16.4 Å². The van der Waals surface area contributed by atoms with Crippen LogP contribution in [0.4, 0.5) is 4.39 Å². The van der Waals surface area contributed by atoms with Crippen molar-refractivity contribution < 1.29 is 14.2 Å². The summed E-state index contributed by atoms with van der Waals surface area (Å²) in [6.07, 6.45) is 0.695. The second-order valence-corrected chi connectivity index (χ2v) is 10.6. The van der Waals surface area contributed by atoms with Gasteiger partial charge >= 0.3 is 0 Å². The Balaban J connectivity index is 1.72. The molecular formula is C32H31FN2O3S. The van der Waals surface area contributed by atoms with E-state index in [9.17, 15) is 14.3 Å². The fourth-order valence-corrected chi connectivity index (χ4v) is 6.22. The summed E-state index contributed by atoms with van der Waals surface area (Å²) in [4.78, 5) is 15.6. The van der Waals surface area contributed by atoms with Crippen molar-refractivity contribution in [2.45, 2.75) is 39.1 Å². The number of aliphatic hydroxyl groups is 1. The lowest BCUT2D eigenvalue weighted by atomic mass is 9.98. The molecule has 5 rings (SSSR count). The van der Waals surface area contributed by atoms with Crippen LogP contribution in [0, 0.1) is 5.82 Å². The maximum atomic E-state index is 14.7. The number of fused-ring (bicyclic) bond motifs is 1. The predicted molar refractivity (Wildman–Crippen MR) is 156 cm³/mol. The van der Waals surface area contributed by atoms with E-state index in [-0.39, 0.29) is 29.4 Å². The average molecular weight is 543 g/mol. The first kappa shape index (κ1) is 26.8. The summed E-state index contributed by atoms with van der Waals surface area (Å²) < 4.78 is 21.9. The number of aliphatic hydroxyl groups excluding tert-OH is 1. The van der Waals surface area contributed by atoms with E-state index in [0.29, 0.717) is 17.5 Å². The lowest BCUT2D eigenvalue weighted by Gasteiger charge is -2.17. The lowest BCUT2D eigenvalue weighted by Crippen LogP contribution is -2.22. The zero-order chi connectivity index (χ0) is 27.5. The largest absolute Gasteiger partial charge is 0.497 e. The molecule has 2 N–H and O–H groups in total. The van der Waals surface area contributed by atoms with Gasteiger partial charge in [-0.3, -0.25) is 4.79 Å². The molecule has 0 fully saturated rings. The van der Waals surface area contributed by atoms with Crippen molar-refractivity contribution in [3.8, 4) is 16.2 Å². The van der Waals surface area contributed by atoms with Gasteiger partial charge in [0, 0.05) is 40.4 Å². The van der Waals surface area contributed by atoms with Crippen molar-refractivity contribution in [2.24, 2.45) is 0 Å². The number of methoxy groups -OCH3 is 1. The molecule has 0 amide bonds. The maximum absolute atomic E-state index is 14.7. The zero-order valence-electron chi connectivity index (χ0n) is 22.1. The summed E-state index contributed by atoms with van der Waals surface area (Å²) in [5.74, 6) is 0.431. The summed E-state index contributed by atoms with van der Waals surface area (Å²) in [7, 11) is 1.63. The summed E-state index contributed by atoms with van der Waals surface area (Å²) in [6, 6.07) is 24.3. The van der Waals surface area contributed by atoms with E-state index in [1.54, 1.807) is 38.4 Å². The fourth-order valence-electron chi connectivity index (χ4n) is 4.85. The van der Waals surface area contributed by atoms with Gasteiger partial charge in [-0.1, -0.05) is 48.5 Å². The molecule has 2 heterocycles. The zero-order valence-corrected chi connectivity index (χ0v) is 23.0. The van der Waals surface area contributed by atoms with Crippen molar-refractivity contribution >= 4 is 21.6 Å². The second kappa shape index (κ2) is 11.5. The number of thiophene rings is 1. The van der Waals surface area contributed by atoms with Crippen LogP contribution in [0.3, 0.4) is 0 Å². The van der Waals surface area contributed by atoms with Gasteiger partial charge in [0.15, 0.2) is 5.43 Å². The number of benzene rings is 3. The molecule has 0 saturated carbocycles. The Morgan fingerprint density at radius 2 is 1.69 bits per heavy atom. The number of nitrogens with zero attached hydrogens (tertiary/aromatic N) is 1. The number of rotatable bonds is 9. The maximum Gasteiger partial charge on any atom is 0.196 e. The SMILES string of the molecule is COc1ccc(-c2sc3c(c2C(C)NCc2ccccc2)c(=O)c(C(C)O)cn3Cc2ccccc2F)cc1. The van der Waals surface area contributed by atoms with Crippen LogP contribution in [-0.4, -0.2) is 16.8 Å². The third-order valence-electron chi connectivity index (χ3n) is 6.96. The number of hydrogen-bond acceptors (Lipinski definition) is 5. The number of ether oxygens (including phenoxy) is 1. The van der Waals surface area contributed by atoms with Crippen LogP contribution in [0.25, 0.3) is 20.7 Å². The van der Waals surface area contributed by atoms with Crippen molar-refractivity contribution in [3.05, 3.63) is 123 Å². The van der Waals surface area contributed by atoms with Gasteiger partial charge < -0.3 is 19.7 Å². The summed E-state index contributed by atoms with van der Waals surface area (Å²) >= 11 is 1.50. The second-order valence-electron chi connectivity index (χ2n) is 9.65. The normalized spacial score (nSPS) is 12.9. The molecule has 5 nitrogen and oxygen atoms in total. The smallest absolute Gasteiger partial charge is 0.196 e. The van der Waals surface area contributed by atoms with Crippen molar-refractivity contribution in [1.82, 2.24) is 9.88 Å². The molecule has 39 heavy (non-hydrogen) atoms. The average Bonchev–Trinajstić information content (AvgIpc) is 3.36. The van der Waals surface area contributed by atoms with Gasteiger partial charge in [0.05, 0.1) is 25.1 Å². The molecule has 0 aliphatic carbocycles. The van der Waals surface area contributed by atoms with Crippen LogP contribution in [0.2, 0.25) is 0 Å². The monoisotopic (exact) mass is 542 g/mol. The molecule has 0 aliphatic rings. The van der Waals surface area contributed by atoms with Crippen LogP contribution in [0.15, 0.2) is 89.9 Å². The van der Waals surface area contributed by atoms with Crippen molar-refractivity contribution in [3.63, 3.8) is 0 Å². The van der Waals surface area contributed by atoms with Gasteiger partial charge in [-0.2, -0.15) is 0 Å². The van der Waals surface area contributed by atoms with E-state index in [1.807, 2.05) is 54.0 Å². The summed E-state index contributed by atoms with van der Waals surface area (Å²) in [5.41, 5.74) is 3.55. The molecule has 0 radical (unpaired) electrons. The molecule has 0 aliphatic heterocycles. The Kier molecular flexibility index (Phi) is 7.93. The van der Waals surface area contributed by atoms with Crippen molar-refractivity contribution in [1.29, 1.82) is 0 Å². The molecule has 0 bridgehead atoms. The molecule has 0 spiro atoms. The molecule has 3 aromatic carbocycles. The highest BCUT2D eigenvalue weighted by Gasteiger charge is 2.25. The highest BCUT2D eigenvalue weighted by molar-refractivity contribution is 7.22. The highest BCUT2D eigenvalue weighted by Crippen LogP contribution is 2.42. The van der Waals surface area contributed by atoms with Crippen LogP contribution in [-0.2, 0) is 13.1 Å². The van der Waals surface area contributed by atoms with Gasteiger partial charge in [-0.25, -0.2) is 4.39 Å². The van der Waals surface area contributed by atoms with Crippen molar-refractivity contribution in [2.75, 3.05) is 7.11 Å². The van der Waals surface area contributed by atoms with E-state index < -0.39 is 6.10 Å². The first-order chi connectivity index (χ1) is 18.9. The third kappa shape index (κ3) is 5.52. The van der Waals surface area contributed by atoms with Gasteiger partial charge in [0.2, 0.25) is 0 Å². The fraction of sp³-hybridized carbons (Fsp3) is 0.219. The first-order valence-electron chi connectivity index (χ1n) is 12.9. The number of nitrogens with one attached hydrogen (secondary N) is 1. The van der Waals surface area contributed by atoms with E-state index in [0.717, 1.165) is 32.1 Å². The highest BCUT2D eigenvalue weighted by atomic mass is 32.1. The molecule has 2 unspecified atom stereocenters. The van der Waals surface area contributed by atoms with Crippen LogP contribution >= 0.6 is 11.3 Å². The number of pyridine rings is 1. The lowest BCUT2D eigenvalue weighted by molar-refractivity contribution is 0.197. The molecule has 0 saturated heterocycles. The van der Waals surface area contributed by atoms with E-state index >= 15 is 0 Å². The topological polar surface area (TPSA) is 63.5 Å². The molecule has 5 aromatic rings. The molecule has 7 heteroatoms. The Labute approximate surface area is 231 Å². The molecule has 200 valence electrons. The van der Waals surface area contributed by atoms with E-state index in [2.05, 4.69) is 17.4 Å². The standard InChI is InChI=1S/C32H31FN2O3S/c1-20(34-17-22-9-5-4-6-10-22)28-29-30(37)26(21(2)36)19-35(18-24-11-7-8-12-27(24)33)32(29)39-31(28)23-13-15-25(38-3)16-14-23/h4-16,19-21,34,36H,17-18H2,1-3H3. The Morgan fingerprint density at radius 1 is 1.00 bits per heavy atom. The van der Waals surface area contributed by atoms with Crippen LogP contribution < -0.4 is 15.5 Å². The third-order valence-corrected chi connectivity index (χ3v) is 8.25. The Morgan fingerprint density at radius 3 is 2.36 bits per heavy atom. The molecule has 2 atom stereocenters. The number of aromatic nitrogens is 1. The van der Waals surface area contributed by atoms with Crippen LogP contribution in [0.1, 0.15) is 48.2 Å². The number of halogens is 1. The minimum atomic E-state index is -0.974. The minimum Gasteiger partial charge on any atom is -0.497 e. The Hall–Kier alpha value is -3.78. The predicted octanol–water partition coefficient (Wildman–Crippen LogP) is 6.83. The molecular weight excluding hydrogens is 511 g/mol. The van der Waals surface area contributed by atoms with Crippen LogP contribution in [0.5, 0.6) is 5.75 Å². The van der Waals surface area contributed by atoms with Gasteiger partial charge in [-0.05, 0) is 55.3 Å². The van der Waals surface area contributed by atoms with Gasteiger partial charge in [-0.15, -0.1) is 11.3 Å². The minimum absolute atomic E-state index is 0.185. The van der Waals surface area contributed by atoms with E-state index in [4.69, 9.17) is 4.74 Å². The summed E-state index contributed by atoms with van der Waals surface area (Å²) in [6.45, 7) is 4.49. The quantitative estimate of drug-likeness (QED) is 0.214. The van der Waals surface area contributed by atoms with E-state index in [1.165, 1.54) is 17.4 Å². The Bertz CT molecular complexity index is 1640. The van der Waals surface area contributed by atoms with Gasteiger partial charge in [0.25, 0.3) is 0 Å². The molecule has 2 aromatic heterocycles. The summed E-state index contributed by atoms with van der Waals surface area (Å²) in [5, 5.41) is 14.7. The number of hydrogen-bond donors (Lipinski definition) is 2.